The van der Waals surface area contributed by atoms with Crippen LogP contribution in [0.25, 0.3) is 0 Å². The minimum absolute atomic E-state index is 0.00305. The number of carbonyl (C=O) groups excluding carboxylic acids is 5. The number of likely N-dealkylation sites (tertiary alicyclic amines) is 1. The predicted octanol–water partition coefficient (Wildman–Crippen LogP) is 4.76. The summed E-state index contributed by atoms with van der Waals surface area (Å²) in [5.74, 6) is -2.54. The fourth-order valence-electron chi connectivity index (χ4n) is 8.22. The lowest BCUT2D eigenvalue weighted by Gasteiger charge is -2.41. The van der Waals surface area contributed by atoms with Crippen molar-refractivity contribution >= 4 is 29.6 Å². The smallest absolute Gasteiger partial charge is 0.329 e. The van der Waals surface area contributed by atoms with Crippen molar-refractivity contribution in [3.63, 3.8) is 0 Å². The summed E-state index contributed by atoms with van der Waals surface area (Å²) in [6.07, 6.45) is 0.981. The first-order valence-electron chi connectivity index (χ1n) is 21.2. The Kier molecular flexibility index (Phi) is 20.0. The summed E-state index contributed by atoms with van der Waals surface area (Å²) < 4.78 is 17.7. The van der Waals surface area contributed by atoms with Crippen LogP contribution in [-0.4, -0.2) is 117 Å². The first-order valence-corrected chi connectivity index (χ1v) is 21.2. The summed E-state index contributed by atoms with van der Waals surface area (Å²) >= 11 is 0. The van der Waals surface area contributed by atoms with Crippen LogP contribution >= 0.6 is 0 Å². The molecule has 0 spiro atoms. The summed E-state index contributed by atoms with van der Waals surface area (Å²) in [5, 5.41) is 8.98. The SMILES string of the molecule is CCC(C)C(C(CC(=O)N1CCC[C@H]1C(OC)C(C)C(=O)NC(Cc1ccccc1)C(=O)OCc1ccccc1)OC)N(C)C(=O)C(NC(=O)C(NC)C(C)C)C(C)C. The second kappa shape index (κ2) is 24.1. The second-order valence-electron chi connectivity index (χ2n) is 16.7. The number of esters is 1. The fourth-order valence-corrected chi connectivity index (χ4v) is 8.22. The Morgan fingerprint density at radius 1 is 0.814 bits per heavy atom. The lowest BCUT2D eigenvalue weighted by atomic mass is 9.89. The quantitative estimate of drug-likeness (QED) is 0.135. The minimum Gasteiger partial charge on any atom is -0.459 e. The van der Waals surface area contributed by atoms with Crippen molar-refractivity contribution in [1.29, 1.82) is 0 Å². The second-order valence-corrected chi connectivity index (χ2v) is 16.7. The van der Waals surface area contributed by atoms with E-state index in [4.69, 9.17) is 14.2 Å². The molecule has 3 rings (SSSR count). The van der Waals surface area contributed by atoms with Gasteiger partial charge >= 0.3 is 5.97 Å². The van der Waals surface area contributed by atoms with Gasteiger partial charge in [-0.1, -0.05) is 116 Å². The molecule has 328 valence electrons. The number of methoxy groups -OCH3 is 2. The molecule has 8 unspecified atom stereocenters. The van der Waals surface area contributed by atoms with Gasteiger partial charge in [-0.15, -0.1) is 0 Å². The number of carbonyl (C=O) groups is 5. The zero-order chi connectivity index (χ0) is 43.8. The molecule has 59 heavy (non-hydrogen) atoms. The molecule has 4 amide bonds. The van der Waals surface area contributed by atoms with E-state index in [9.17, 15) is 24.0 Å². The van der Waals surface area contributed by atoms with Crippen LogP contribution in [0.1, 0.15) is 85.3 Å². The van der Waals surface area contributed by atoms with E-state index < -0.39 is 54.3 Å². The monoisotopic (exact) mass is 822 g/mol. The largest absolute Gasteiger partial charge is 0.459 e. The molecule has 0 aromatic heterocycles. The van der Waals surface area contributed by atoms with Crippen LogP contribution in [0.2, 0.25) is 0 Å². The highest BCUT2D eigenvalue weighted by Crippen LogP contribution is 2.30. The molecule has 0 radical (unpaired) electrons. The Hall–Kier alpha value is -4.33. The maximum absolute atomic E-state index is 14.3. The van der Waals surface area contributed by atoms with Crippen molar-refractivity contribution in [2.24, 2.45) is 23.7 Å². The first-order chi connectivity index (χ1) is 28.1. The van der Waals surface area contributed by atoms with Gasteiger partial charge in [-0.2, -0.15) is 0 Å². The van der Waals surface area contributed by atoms with E-state index in [1.54, 1.807) is 37.9 Å². The van der Waals surface area contributed by atoms with E-state index in [0.29, 0.717) is 13.0 Å². The van der Waals surface area contributed by atoms with Gasteiger partial charge in [0.1, 0.15) is 18.7 Å². The third-order valence-corrected chi connectivity index (χ3v) is 11.9. The first kappa shape index (κ1) is 49.0. The third-order valence-electron chi connectivity index (χ3n) is 11.9. The van der Waals surface area contributed by atoms with Gasteiger partial charge in [0.2, 0.25) is 23.6 Å². The Balaban J connectivity index is 1.79. The molecular weight excluding hydrogens is 751 g/mol. The molecule has 1 heterocycles. The highest BCUT2D eigenvalue weighted by atomic mass is 16.5. The molecule has 2 aromatic rings. The van der Waals surface area contributed by atoms with Gasteiger partial charge in [-0.25, -0.2) is 4.79 Å². The van der Waals surface area contributed by atoms with E-state index >= 15 is 0 Å². The summed E-state index contributed by atoms with van der Waals surface area (Å²) in [4.78, 5) is 72.7. The van der Waals surface area contributed by atoms with Crippen LogP contribution in [0.3, 0.4) is 0 Å². The Bertz CT molecular complexity index is 1630. The summed E-state index contributed by atoms with van der Waals surface area (Å²) in [6, 6.07) is 15.7. The van der Waals surface area contributed by atoms with Crippen LogP contribution < -0.4 is 16.0 Å². The zero-order valence-electron chi connectivity index (χ0n) is 37.2. The summed E-state index contributed by atoms with van der Waals surface area (Å²) in [5.41, 5.74) is 1.70. The number of nitrogens with zero attached hydrogens (tertiary/aromatic N) is 2. The van der Waals surface area contributed by atoms with Crippen LogP contribution in [-0.2, 0) is 51.2 Å². The number of amides is 4. The number of likely N-dealkylation sites (N-methyl/N-ethyl adjacent to an activating group) is 2. The molecule has 2 aromatic carbocycles. The van der Waals surface area contributed by atoms with E-state index in [0.717, 1.165) is 24.0 Å². The molecule has 1 saturated heterocycles. The average molecular weight is 822 g/mol. The lowest BCUT2D eigenvalue weighted by molar-refractivity contribution is -0.151. The van der Waals surface area contributed by atoms with Crippen molar-refractivity contribution in [1.82, 2.24) is 25.8 Å². The number of benzene rings is 2. The van der Waals surface area contributed by atoms with E-state index in [1.807, 2.05) is 102 Å². The van der Waals surface area contributed by atoms with Crippen LogP contribution in [0.4, 0.5) is 0 Å². The molecule has 1 aliphatic heterocycles. The molecule has 1 aliphatic rings. The molecule has 13 heteroatoms. The zero-order valence-corrected chi connectivity index (χ0v) is 37.2. The number of nitrogens with one attached hydrogen (secondary N) is 3. The molecule has 0 saturated carbocycles. The van der Waals surface area contributed by atoms with Crippen molar-refractivity contribution in [3.05, 3.63) is 71.8 Å². The molecule has 0 bridgehead atoms. The molecule has 0 aliphatic carbocycles. The van der Waals surface area contributed by atoms with Crippen molar-refractivity contribution in [2.75, 3.05) is 34.9 Å². The van der Waals surface area contributed by atoms with Crippen LogP contribution in [0, 0.1) is 23.7 Å². The predicted molar refractivity (Wildman–Crippen MR) is 229 cm³/mol. The van der Waals surface area contributed by atoms with Gasteiger partial charge in [0.25, 0.3) is 0 Å². The summed E-state index contributed by atoms with van der Waals surface area (Å²) in [7, 11) is 6.53. The average Bonchev–Trinajstić information content (AvgIpc) is 3.71. The van der Waals surface area contributed by atoms with Gasteiger partial charge < -0.3 is 40.0 Å². The summed E-state index contributed by atoms with van der Waals surface area (Å²) in [6.45, 7) is 14.1. The molecule has 13 nitrogen and oxygen atoms in total. The number of rotatable bonds is 23. The topological polar surface area (TPSA) is 156 Å². The Morgan fingerprint density at radius 3 is 1.93 bits per heavy atom. The van der Waals surface area contributed by atoms with Gasteiger partial charge in [0, 0.05) is 34.2 Å². The van der Waals surface area contributed by atoms with Gasteiger partial charge in [-0.05, 0) is 48.8 Å². The Labute approximate surface area is 352 Å². The Morgan fingerprint density at radius 2 is 1.41 bits per heavy atom. The van der Waals surface area contributed by atoms with E-state index in [1.165, 1.54) is 7.11 Å². The molecule has 3 N–H and O–H groups in total. The van der Waals surface area contributed by atoms with Crippen LogP contribution in [0.5, 0.6) is 0 Å². The lowest BCUT2D eigenvalue weighted by Crippen LogP contribution is -2.59. The van der Waals surface area contributed by atoms with Crippen molar-refractivity contribution < 1.29 is 38.2 Å². The van der Waals surface area contributed by atoms with Gasteiger partial charge in [0.05, 0.1) is 42.7 Å². The van der Waals surface area contributed by atoms with Crippen LogP contribution in [0.15, 0.2) is 60.7 Å². The molecule has 1 fully saturated rings. The van der Waals surface area contributed by atoms with E-state index in [2.05, 4.69) is 16.0 Å². The molecular formula is C46H71N5O8. The van der Waals surface area contributed by atoms with E-state index in [-0.39, 0.29) is 60.8 Å². The minimum atomic E-state index is -0.946. The molecule has 9 atom stereocenters. The van der Waals surface area contributed by atoms with Gasteiger partial charge in [-0.3, -0.25) is 19.2 Å². The van der Waals surface area contributed by atoms with Crippen molar-refractivity contribution in [3.8, 4) is 0 Å². The maximum Gasteiger partial charge on any atom is 0.329 e. The number of hydrogen-bond acceptors (Lipinski definition) is 9. The highest BCUT2D eigenvalue weighted by molar-refractivity contribution is 5.90. The number of hydrogen-bond donors (Lipinski definition) is 3. The van der Waals surface area contributed by atoms with Gasteiger partial charge in [0.15, 0.2) is 0 Å². The maximum atomic E-state index is 14.3. The normalized spacial score (nSPS) is 18.3. The van der Waals surface area contributed by atoms with Crippen molar-refractivity contribution in [2.45, 2.75) is 130 Å². The number of ether oxygens (including phenoxy) is 3. The highest BCUT2D eigenvalue weighted by Gasteiger charge is 2.43. The third kappa shape index (κ3) is 13.6. The fraction of sp³-hybridized carbons (Fsp3) is 0.630. The standard InChI is InChI=1S/C46H71N5O8/c1-12-31(6)41(50(9)45(55)40(30(4)5)49-44(54)39(47-8)29(2)3)37(57-10)27-38(52)51-25-19-24-36(51)42(58-11)32(7)43(53)48-35(26-33-20-15-13-16-21-33)46(56)59-28-34-22-17-14-18-23-34/h13-18,20-23,29-32,35-37,39-42,47H,12,19,24-28H2,1-11H3,(H,48,53)(H,49,54)/t31?,32?,35?,36-,37?,39?,40?,41?,42?/m0/s1.